The van der Waals surface area contributed by atoms with E-state index in [0.717, 1.165) is 72.1 Å². The fraction of sp³-hybridized carbons (Fsp3) is 0.395. The zero-order valence-electron chi connectivity index (χ0n) is 26.9. The number of fused-ring (bicyclic) bond motifs is 1. The van der Waals surface area contributed by atoms with Crippen LogP contribution in [0.25, 0.3) is 22.0 Å². The van der Waals surface area contributed by atoms with Crippen molar-refractivity contribution >= 4 is 28.7 Å². The Labute approximate surface area is 272 Å². The highest BCUT2D eigenvalue weighted by molar-refractivity contribution is 5.95. The Morgan fingerprint density at radius 1 is 0.891 bits per heavy atom. The van der Waals surface area contributed by atoms with Gasteiger partial charge in [0.2, 0.25) is 5.91 Å². The lowest BCUT2D eigenvalue weighted by Crippen LogP contribution is -2.33. The third kappa shape index (κ3) is 9.30. The zero-order valence-corrected chi connectivity index (χ0v) is 26.9. The summed E-state index contributed by atoms with van der Waals surface area (Å²) in [6.07, 6.45) is 8.34. The van der Waals surface area contributed by atoms with Crippen LogP contribution in [0.1, 0.15) is 66.4 Å². The van der Waals surface area contributed by atoms with Crippen molar-refractivity contribution in [1.82, 2.24) is 20.1 Å². The van der Waals surface area contributed by atoms with Crippen molar-refractivity contribution in [2.45, 2.75) is 57.9 Å². The molecule has 1 aliphatic rings. The Kier molecular flexibility index (Phi) is 12.0. The third-order valence-corrected chi connectivity index (χ3v) is 8.84. The van der Waals surface area contributed by atoms with Crippen molar-refractivity contribution < 1.29 is 19.1 Å². The van der Waals surface area contributed by atoms with Crippen molar-refractivity contribution in [2.24, 2.45) is 0 Å². The van der Waals surface area contributed by atoms with Crippen molar-refractivity contribution in [3.63, 3.8) is 0 Å². The molecular weight excluding hydrogens is 576 g/mol. The molecule has 2 N–H and O–H groups in total. The Balaban J connectivity index is 1.23. The molecule has 8 heteroatoms. The lowest BCUT2D eigenvalue weighted by molar-refractivity contribution is -0.140. The van der Waals surface area contributed by atoms with Crippen molar-refractivity contribution in [3.8, 4) is 11.1 Å². The summed E-state index contributed by atoms with van der Waals surface area (Å²) in [6.45, 7) is 4.87. The number of aryl methyl sites for hydroxylation is 1. The van der Waals surface area contributed by atoms with Crippen LogP contribution in [-0.2, 0) is 27.3 Å². The molecule has 4 aromatic rings. The second-order valence-electron chi connectivity index (χ2n) is 12.1. The molecule has 1 aromatic heterocycles. The minimum atomic E-state index is -0.202. The van der Waals surface area contributed by atoms with E-state index in [0.29, 0.717) is 44.5 Å². The first-order valence-corrected chi connectivity index (χ1v) is 16.6. The summed E-state index contributed by atoms with van der Waals surface area (Å²) in [5.41, 5.74) is 5.87. The van der Waals surface area contributed by atoms with Gasteiger partial charge in [0.25, 0.3) is 5.91 Å². The van der Waals surface area contributed by atoms with Crippen molar-refractivity contribution in [3.05, 3.63) is 95.7 Å². The fourth-order valence-corrected chi connectivity index (χ4v) is 6.23. The SMILES string of the molecule is COC(=O)CCCCCN(Cc1cccc(-c2cccc(C(=O)NCCN3CCCC3)c2)c1)C(=O)CCc1c[nH]c2ccccc12. The predicted octanol–water partition coefficient (Wildman–Crippen LogP) is 6.36. The molecule has 3 aromatic carbocycles. The van der Waals surface area contributed by atoms with Crippen LogP contribution in [0.4, 0.5) is 0 Å². The number of nitrogens with one attached hydrogen (secondary N) is 2. The van der Waals surface area contributed by atoms with Gasteiger partial charge < -0.3 is 24.8 Å². The Hall–Kier alpha value is -4.43. The molecule has 46 heavy (non-hydrogen) atoms. The molecule has 5 rings (SSSR count). The molecule has 0 saturated carbocycles. The molecular formula is C38H46N4O4. The van der Waals surface area contributed by atoms with E-state index in [2.05, 4.69) is 33.4 Å². The summed E-state index contributed by atoms with van der Waals surface area (Å²) < 4.78 is 4.77. The number of aromatic amines is 1. The lowest BCUT2D eigenvalue weighted by Gasteiger charge is -2.23. The van der Waals surface area contributed by atoms with Gasteiger partial charge in [0.05, 0.1) is 7.11 Å². The van der Waals surface area contributed by atoms with Crippen LogP contribution in [0.15, 0.2) is 79.0 Å². The van der Waals surface area contributed by atoms with E-state index in [1.54, 1.807) is 0 Å². The number of methoxy groups -OCH3 is 1. The first-order chi connectivity index (χ1) is 22.5. The van der Waals surface area contributed by atoms with Crippen LogP contribution in [0, 0.1) is 0 Å². The van der Waals surface area contributed by atoms with Crippen LogP contribution >= 0.6 is 0 Å². The maximum absolute atomic E-state index is 13.6. The van der Waals surface area contributed by atoms with Gasteiger partial charge in [0.15, 0.2) is 0 Å². The van der Waals surface area contributed by atoms with E-state index >= 15 is 0 Å². The normalized spacial score (nSPS) is 13.2. The van der Waals surface area contributed by atoms with Gasteiger partial charge in [-0.3, -0.25) is 14.4 Å². The molecule has 0 spiro atoms. The van der Waals surface area contributed by atoms with E-state index < -0.39 is 0 Å². The number of aromatic nitrogens is 1. The van der Waals surface area contributed by atoms with Crippen LogP contribution in [0.5, 0.6) is 0 Å². The van der Waals surface area contributed by atoms with Crippen molar-refractivity contribution in [2.75, 3.05) is 39.8 Å². The molecule has 1 fully saturated rings. The van der Waals surface area contributed by atoms with Gasteiger partial charge in [-0.05, 0) is 91.7 Å². The predicted molar refractivity (Wildman–Crippen MR) is 182 cm³/mol. The number of H-pyrrole nitrogens is 1. The Morgan fingerprint density at radius 3 is 2.50 bits per heavy atom. The quantitative estimate of drug-likeness (QED) is 0.112. The van der Waals surface area contributed by atoms with E-state index in [-0.39, 0.29) is 17.8 Å². The number of amides is 2. The standard InChI is InChI=1S/C38H46N4O4/c1-46-37(44)17-3-2-6-23-42(36(43)19-18-33-27-40-35-16-5-4-15-34(33)35)28-29-11-9-12-30(25-29)31-13-10-14-32(26-31)38(45)39-20-24-41-21-7-8-22-41/h4-5,9-16,25-27,40H,2-3,6-8,17-24,28H2,1H3,(H,39,45). The summed E-state index contributed by atoms with van der Waals surface area (Å²) in [5.74, 6) is -0.153. The minimum absolute atomic E-state index is 0.0589. The molecule has 0 aliphatic carbocycles. The van der Waals surface area contributed by atoms with Gasteiger partial charge in [-0.15, -0.1) is 0 Å². The Morgan fingerprint density at radius 2 is 1.67 bits per heavy atom. The maximum Gasteiger partial charge on any atom is 0.305 e. The molecule has 0 bridgehead atoms. The molecule has 0 unspecified atom stereocenters. The van der Waals surface area contributed by atoms with Crippen LogP contribution in [-0.4, -0.2) is 72.4 Å². The molecule has 1 saturated heterocycles. The first kappa shape index (κ1) is 32.9. The van der Waals surface area contributed by atoms with Gasteiger partial charge in [0, 0.05) is 61.7 Å². The number of esters is 1. The molecule has 1 aliphatic heterocycles. The average Bonchev–Trinajstić information content (AvgIpc) is 3.77. The number of rotatable bonds is 16. The maximum atomic E-state index is 13.6. The number of hydrogen-bond donors (Lipinski definition) is 2. The van der Waals surface area contributed by atoms with Gasteiger partial charge >= 0.3 is 5.97 Å². The number of benzene rings is 3. The average molecular weight is 623 g/mol. The Bertz CT molecular complexity index is 1610. The number of nitrogens with zero attached hydrogens (tertiary/aromatic N) is 2. The first-order valence-electron chi connectivity index (χ1n) is 16.6. The highest BCUT2D eigenvalue weighted by atomic mass is 16.5. The van der Waals surface area contributed by atoms with E-state index in [4.69, 9.17) is 4.74 Å². The van der Waals surface area contributed by atoms with Crippen molar-refractivity contribution in [1.29, 1.82) is 0 Å². The number of unbranched alkanes of at least 4 members (excludes halogenated alkanes) is 2. The molecule has 2 amide bonds. The highest BCUT2D eigenvalue weighted by Gasteiger charge is 2.17. The molecule has 0 radical (unpaired) electrons. The summed E-state index contributed by atoms with van der Waals surface area (Å²) >= 11 is 0. The van der Waals surface area contributed by atoms with Gasteiger partial charge in [0.1, 0.15) is 0 Å². The molecule has 2 heterocycles. The minimum Gasteiger partial charge on any atom is -0.469 e. The van der Waals surface area contributed by atoms with Gasteiger partial charge in [-0.1, -0.05) is 55.0 Å². The largest absolute Gasteiger partial charge is 0.469 e. The monoisotopic (exact) mass is 622 g/mol. The van der Waals surface area contributed by atoms with Crippen LogP contribution in [0.3, 0.4) is 0 Å². The number of carbonyl (C=O) groups is 3. The topological polar surface area (TPSA) is 94.7 Å². The fourth-order valence-electron chi connectivity index (χ4n) is 6.23. The summed E-state index contributed by atoms with van der Waals surface area (Å²) in [4.78, 5) is 45.7. The van der Waals surface area contributed by atoms with Crippen LogP contribution in [0.2, 0.25) is 0 Å². The van der Waals surface area contributed by atoms with E-state index in [1.165, 1.54) is 20.0 Å². The number of ether oxygens (including phenoxy) is 1. The van der Waals surface area contributed by atoms with Crippen LogP contribution < -0.4 is 5.32 Å². The number of likely N-dealkylation sites (tertiary alicyclic amines) is 1. The van der Waals surface area contributed by atoms with Gasteiger partial charge in [-0.25, -0.2) is 0 Å². The van der Waals surface area contributed by atoms with E-state index in [1.807, 2.05) is 65.7 Å². The number of hydrogen-bond acceptors (Lipinski definition) is 5. The van der Waals surface area contributed by atoms with E-state index in [9.17, 15) is 14.4 Å². The second-order valence-corrected chi connectivity index (χ2v) is 12.1. The highest BCUT2D eigenvalue weighted by Crippen LogP contribution is 2.24. The summed E-state index contributed by atoms with van der Waals surface area (Å²) in [5, 5.41) is 4.22. The summed E-state index contributed by atoms with van der Waals surface area (Å²) in [7, 11) is 1.41. The molecule has 8 nitrogen and oxygen atoms in total. The zero-order chi connectivity index (χ0) is 32.1. The molecule has 0 atom stereocenters. The molecule has 242 valence electrons. The summed E-state index contributed by atoms with van der Waals surface area (Å²) in [6, 6.07) is 24.1. The number of para-hydroxylation sites is 1. The lowest BCUT2D eigenvalue weighted by atomic mass is 10.0. The third-order valence-electron chi connectivity index (χ3n) is 8.84. The number of carbonyl (C=O) groups excluding carboxylic acids is 3. The van der Waals surface area contributed by atoms with Gasteiger partial charge in [-0.2, -0.15) is 0 Å². The smallest absolute Gasteiger partial charge is 0.305 e. The second kappa shape index (κ2) is 16.8.